The van der Waals surface area contributed by atoms with Gasteiger partial charge in [-0.15, -0.1) is 0 Å². The number of thiol groups is 1. The molecule has 4 aliphatic rings. The third-order valence-electron chi connectivity index (χ3n) is 17.5. The Kier molecular flexibility index (Phi) is 16.3. The van der Waals surface area contributed by atoms with Crippen LogP contribution in [0, 0.1) is 0 Å². The Balaban J connectivity index is 1.15. The maximum atomic E-state index is 12.0. The van der Waals surface area contributed by atoms with Crippen LogP contribution in [-0.4, -0.2) is 55.3 Å². The monoisotopic (exact) mass is 1310 g/mol. The molecule has 81 heavy (non-hydrogen) atoms. The Labute approximate surface area is 510 Å². The van der Waals surface area contributed by atoms with E-state index in [1.54, 1.807) is 0 Å². The second kappa shape index (κ2) is 22.8. The molecule has 0 fully saturated rings. The first-order chi connectivity index (χ1) is 38.7. The Morgan fingerprint density at radius 3 is 1.72 bits per heavy atom. The number of rotatable bonds is 18. The maximum absolute atomic E-state index is 12.0. The zero-order valence-corrected chi connectivity index (χ0v) is 53.8. The van der Waals surface area contributed by atoms with Gasteiger partial charge in [-0.1, -0.05) is 150 Å². The van der Waals surface area contributed by atoms with Gasteiger partial charge >= 0.3 is 0 Å². The number of anilines is 2. The predicted octanol–water partition coefficient (Wildman–Crippen LogP) is 19.1. The van der Waals surface area contributed by atoms with E-state index in [9.17, 15) is 13.0 Å². The average Bonchev–Trinajstić information content (AvgIpc) is 3.57. The fourth-order valence-electron chi connectivity index (χ4n) is 13.8. The molecule has 0 spiro atoms. The standard InChI is InChI=1S/C69H70Br3N3O4S2/c1-8-9-12-35-73-58-30-19-44-40-47(70)22-25-50(44)64(58)67(2,3)61(73)33-28-55-53-17-10-11-18-54(53)56(57(55)43-63-69(6,7)66-52-27-24-49(72)42-46(52)21-32-60(66)75(63)36-13-15-38-79-80)29-34-62-68(4,5)65-51-26-23-48(71)41-45(51)20-31-59(65)74(62)37-14-16-39-81(76,77)78/h10-11,17-34,40-43H,8-9,12-16,35-39H2,1-7H3,(H-,76,77,78,80)/p+1. The molecule has 418 valence electrons. The first kappa shape index (κ1) is 57.8. The van der Waals surface area contributed by atoms with E-state index >= 15 is 0 Å². The van der Waals surface area contributed by atoms with Crippen LogP contribution < -0.4 is 9.80 Å². The summed E-state index contributed by atoms with van der Waals surface area (Å²) in [6.07, 6.45) is 18.2. The van der Waals surface area contributed by atoms with E-state index in [1.165, 1.54) is 83.1 Å². The number of hydrogen-bond acceptors (Lipinski definition) is 6. The highest BCUT2D eigenvalue weighted by atomic mass is 79.9. The van der Waals surface area contributed by atoms with Crippen molar-refractivity contribution in [1.82, 2.24) is 0 Å². The molecule has 3 heterocycles. The lowest BCUT2D eigenvalue weighted by Gasteiger charge is -2.28. The van der Waals surface area contributed by atoms with Crippen LogP contribution >= 0.6 is 60.7 Å². The fourth-order valence-corrected chi connectivity index (χ4v) is 15.6. The van der Waals surface area contributed by atoms with E-state index in [2.05, 4.69) is 269 Å². The number of unbranched alkanes of at least 4 members (excludes halogenated alkanes) is 4. The molecule has 3 aliphatic heterocycles. The maximum Gasteiger partial charge on any atom is 0.264 e. The Morgan fingerprint density at radius 1 is 0.593 bits per heavy atom. The molecule has 12 heteroatoms. The number of nitrogens with zero attached hydrogens (tertiary/aromatic N) is 3. The second-order valence-corrected chi connectivity index (χ2v) is 28.4. The van der Waals surface area contributed by atoms with Crippen LogP contribution in [0.4, 0.5) is 17.1 Å². The molecule has 7 aromatic carbocycles. The second-order valence-electron chi connectivity index (χ2n) is 23.8. The van der Waals surface area contributed by atoms with E-state index in [-0.39, 0.29) is 11.2 Å². The van der Waals surface area contributed by atoms with Gasteiger partial charge < -0.3 is 14.0 Å². The molecule has 0 saturated heterocycles. The van der Waals surface area contributed by atoms with E-state index in [4.69, 9.17) is 4.18 Å². The molecule has 0 bridgehead atoms. The Bertz CT molecular complexity index is 4020. The van der Waals surface area contributed by atoms with Gasteiger partial charge in [0.1, 0.15) is 6.54 Å². The molecule has 7 nitrogen and oxygen atoms in total. The van der Waals surface area contributed by atoms with Gasteiger partial charge in [0, 0.05) is 84.2 Å². The van der Waals surface area contributed by atoms with Crippen LogP contribution in [0.15, 0.2) is 176 Å². The van der Waals surface area contributed by atoms with Crippen LogP contribution in [0.5, 0.6) is 0 Å². The number of fused-ring (bicyclic) bond motifs is 10. The summed E-state index contributed by atoms with van der Waals surface area (Å²) in [5.74, 6) is -0.275. The number of allylic oxidation sites excluding steroid dienone is 10. The molecule has 1 N–H and O–H groups in total. The van der Waals surface area contributed by atoms with Gasteiger partial charge in [0.25, 0.3) is 10.1 Å². The molecule has 0 radical (unpaired) electrons. The van der Waals surface area contributed by atoms with Crippen LogP contribution in [0.2, 0.25) is 0 Å². The largest absolute Gasteiger partial charge is 0.344 e. The molecule has 0 unspecified atom stereocenters. The molecule has 0 aromatic heterocycles. The lowest BCUT2D eigenvalue weighted by atomic mass is 9.78. The normalized spacial score (nSPS) is 18.5. The quantitative estimate of drug-likeness (QED) is 0.0293. The molecule has 11 rings (SSSR count). The number of benzene rings is 7. The topological polar surface area (TPSA) is 73.1 Å². The van der Waals surface area contributed by atoms with Crippen LogP contribution in [-0.2, 0) is 30.5 Å². The van der Waals surface area contributed by atoms with E-state index < -0.39 is 20.9 Å². The summed E-state index contributed by atoms with van der Waals surface area (Å²) in [6.45, 7) is 19.4. The van der Waals surface area contributed by atoms with Gasteiger partial charge in [-0.2, -0.15) is 13.0 Å². The zero-order valence-electron chi connectivity index (χ0n) is 47.3. The van der Waals surface area contributed by atoms with Crippen molar-refractivity contribution >= 4 is 137 Å². The van der Waals surface area contributed by atoms with Crippen LogP contribution in [0.25, 0.3) is 43.5 Å². The fraction of sp³-hybridized carbons (Fsp3) is 0.319. The summed E-state index contributed by atoms with van der Waals surface area (Å²) in [4.78, 5) is 4.96. The van der Waals surface area contributed by atoms with Crippen molar-refractivity contribution in [1.29, 1.82) is 0 Å². The lowest BCUT2D eigenvalue weighted by molar-refractivity contribution is -0.438. The SMILES string of the molecule is CCCCC[N+]1=C(/C=C/C2=C(/C=C3/N(CCCCOS)c4ccc5cc(Br)ccc5c4C3(C)C)C(=C/C=C3/N(CCCCS(=O)(=O)O)c4ccc5cc(Br)ccc5c4C3(C)C)/c3ccccc32)C(C)(C)c2c1ccc1cc(Br)ccc21. The first-order valence-electron chi connectivity index (χ1n) is 28.5. The zero-order chi connectivity index (χ0) is 57.2. The van der Waals surface area contributed by atoms with E-state index in [0.29, 0.717) is 26.0 Å². The van der Waals surface area contributed by atoms with Gasteiger partial charge in [0.15, 0.2) is 5.71 Å². The Hall–Kier alpha value is -5.05. The van der Waals surface area contributed by atoms with Gasteiger partial charge in [-0.05, 0) is 203 Å². The van der Waals surface area contributed by atoms with Crippen molar-refractivity contribution in [2.75, 3.05) is 41.8 Å². The molecule has 0 saturated carbocycles. The minimum atomic E-state index is -4.10. The summed E-state index contributed by atoms with van der Waals surface area (Å²) in [7, 11) is -4.10. The summed E-state index contributed by atoms with van der Waals surface area (Å²) in [5, 5.41) is 7.31. The number of halogens is 3. The molecule has 0 amide bonds. The van der Waals surface area contributed by atoms with Gasteiger partial charge in [-0.25, -0.2) is 0 Å². The minimum absolute atomic E-state index is 0.275. The molecule has 0 atom stereocenters. The van der Waals surface area contributed by atoms with Crippen molar-refractivity contribution in [2.24, 2.45) is 0 Å². The van der Waals surface area contributed by atoms with Crippen molar-refractivity contribution in [3.8, 4) is 0 Å². The van der Waals surface area contributed by atoms with Crippen molar-refractivity contribution < 1.29 is 21.7 Å². The van der Waals surface area contributed by atoms with E-state index in [0.717, 1.165) is 86.5 Å². The molecular weight excluding hydrogens is 1240 g/mol. The molecule has 7 aromatic rings. The smallest absolute Gasteiger partial charge is 0.264 e. The highest BCUT2D eigenvalue weighted by Gasteiger charge is 2.47. The lowest BCUT2D eigenvalue weighted by Crippen LogP contribution is -2.28. The van der Waals surface area contributed by atoms with Crippen molar-refractivity contribution in [2.45, 2.75) is 110 Å². The Morgan fingerprint density at radius 2 is 1.14 bits per heavy atom. The van der Waals surface area contributed by atoms with Crippen LogP contribution in [0.1, 0.15) is 121 Å². The first-order valence-corrected chi connectivity index (χ1v) is 32.9. The molecular formula is C69H71Br3N3O4S2+. The summed E-state index contributed by atoms with van der Waals surface area (Å²) in [6, 6.07) is 42.4. The summed E-state index contributed by atoms with van der Waals surface area (Å²) < 4.78 is 44.8. The van der Waals surface area contributed by atoms with Gasteiger partial charge in [0.05, 0.1) is 17.8 Å². The van der Waals surface area contributed by atoms with Gasteiger partial charge in [0.2, 0.25) is 5.69 Å². The van der Waals surface area contributed by atoms with Crippen molar-refractivity contribution in [3.63, 3.8) is 0 Å². The van der Waals surface area contributed by atoms with Crippen molar-refractivity contribution in [3.05, 3.63) is 204 Å². The van der Waals surface area contributed by atoms with Crippen LogP contribution in [0.3, 0.4) is 0 Å². The highest BCUT2D eigenvalue weighted by Crippen LogP contribution is 2.55. The average molecular weight is 1310 g/mol. The number of hydrogen-bond donors (Lipinski definition) is 2. The summed E-state index contributed by atoms with van der Waals surface area (Å²) >= 11 is 15.4. The predicted molar refractivity (Wildman–Crippen MR) is 355 cm³/mol. The molecule has 1 aliphatic carbocycles. The highest BCUT2D eigenvalue weighted by molar-refractivity contribution is 9.11. The van der Waals surface area contributed by atoms with E-state index in [1.807, 2.05) is 0 Å². The third kappa shape index (κ3) is 10.7. The third-order valence-corrected chi connectivity index (χ3v) is 20.0. The summed E-state index contributed by atoms with van der Waals surface area (Å²) in [5.41, 5.74) is 15.9. The van der Waals surface area contributed by atoms with Gasteiger partial charge in [-0.3, -0.25) is 4.55 Å². The minimum Gasteiger partial charge on any atom is -0.344 e.